The Morgan fingerprint density at radius 2 is 0.838 bits per heavy atom. The molecule has 0 spiro atoms. The molecule has 0 radical (unpaired) electrons. The summed E-state index contributed by atoms with van der Waals surface area (Å²) in [7, 11) is 0. The molecule has 6 aromatic rings. The Labute approximate surface area is 222 Å². The molecule has 176 valence electrons. The topological polar surface area (TPSA) is 12.9 Å². The summed E-state index contributed by atoms with van der Waals surface area (Å²) in [5.74, 6) is 0. The van der Waals surface area contributed by atoms with E-state index in [1.807, 2.05) is 54.7 Å². The van der Waals surface area contributed by atoms with Crippen molar-refractivity contribution in [3.63, 3.8) is 0 Å². The molecule has 0 aliphatic heterocycles. The van der Waals surface area contributed by atoms with E-state index in [4.69, 9.17) is 16.6 Å². The molecule has 1 nitrogen and oxygen atoms in total. The second-order valence-electron chi connectivity index (χ2n) is 8.98. The molecule has 0 bridgehead atoms. The molecular weight excluding hydrogens is 470 g/mol. The van der Waals surface area contributed by atoms with Crippen LogP contribution in [-0.4, -0.2) is 4.98 Å². The molecule has 0 atom stereocenters. The van der Waals surface area contributed by atoms with Crippen LogP contribution in [-0.2, 0) is 0 Å². The lowest BCUT2D eigenvalue weighted by Gasteiger charge is -2.14. The number of benzene rings is 5. The van der Waals surface area contributed by atoms with E-state index in [9.17, 15) is 0 Å². The highest BCUT2D eigenvalue weighted by Crippen LogP contribution is 2.38. The van der Waals surface area contributed by atoms with Crippen molar-refractivity contribution in [2.24, 2.45) is 0 Å². The zero-order chi connectivity index (χ0) is 25.0. The Bertz CT molecular complexity index is 1640. The molecule has 0 N–H and O–H groups in total. The van der Waals surface area contributed by atoms with Gasteiger partial charge in [-0.2, -0.15) is 0 Å². The highest BCUT2D eigenvalue weighted by Gasteiger charge is 2.13. The molecule has 0 saturated heterocycles. The average molecular weight is 494 g/mol. The Morgan fingerprint density at radius 3 is 1.41 bits per heavy atom. The van der Waals surface area contributed by atoms with Crippen LogP contribution in [0.4, 0.5) is 0 Å². The van der Waals surface area contributed by atoms with Crippen LogP contribution in [0.3, 0.4) is 0 Å². The van der Waals surface area contributed by atoms with Crippen LogP contribution in [0.25, 0.3) is 55.8 Å². The molecule has 6 rings (SSSR count). The van der Waals surface area contributed by atoms with Gasteiger partial charge in [-0.3, -0.25) is 4.98 Å². The minimum absolute atomic E-state index is 0.716. The van der Waals surface area contributed by atoms with Gasteiger partial charge in [0.25, 0.3) is 0 Å². The van der Waals surface area contributed by atoms with Gasteiger partial charge in [-0.05, 0) is 45.5 Å². The maximum atomic E-state index is 6.61. The molecule has 37 heavy (non-hydrogen) atoms. The van der Waals surface area contributed by atoms with Crippen molar-refractivity contribution in [3.05, 3.63) is 151 Å². The molecule has 0 aliphatic carbocycles. The first-order valence-corrected chi connectivity index (χ1v) is 12.7. The number of hydrogen-bond acceptors (Lipinski definition) is 1. The third-order valence-corrected chi connectivity index (χ3v) is 6.99. The molecule has 1 heterocycles. The van der Waals surface area contributed by atoms with Crippen molar-refractivity contribution in [2.45, 2.75) is 0 Å². The Kier molecular flexibility index (Phi) is 6.37. The number of aromatic nitrogens is 1. The second kappa shape index (κ2) is 10.3. The fourth-order valence-corrected chi connectivity index (χ4v) is 4.92. The van der Waals surface area contributed by atoms with E-state index in [1.165, 1.54) is 22.3 Å². The summed E-state index contributed by atoms with van der Waals surface area (Å²) in [5.41, 5.74) is 11.1. The van der Waals surface area contributed by atoms with Gasteiger partial charge in [0.05, 0.1) is 5.69 Å². The molecule has 0 unspecified atom stereocenters. The molecule has 1 aromatic heterocycles. The average Bonchev–Trinajstić information content (AvgIpc) is 2.98. The summed E-state index contributed by atoms with van der Waals surface area (Å²) in [6.07, 6.45) is 1.94. The molecule has 5 aromatic carbocycles. The fourth-order valence-electron chi connectivity index (χ4n) is 4.68. The number of hydrogen-bond donors (Lipinski definition) is 0. The van der Waals surface area contributed by atoms with Gasteiger partial charge in [-0.25, -0.2) is 0 Å². The normalized spacial score (nSPS) is 10.8. The lowest BCUT2D eigenvalue weighted by molar-refractivity contribution is 1.32. The molecule has 0 saturated carbocycles. The van der Waals surface area contributed by atoms with E-state index in [0.717, 1.165) is 33.5 Å². The van der Waals surface area contributed by atoms with Crippen LogP contribution in [0, 0.1) is 0 Å². The first-order valence-electron chi connectivity index (χ1n) is 12.3. The minimum atomic E-state index is 0.716. The summed E-state index contributed by atoms with van der Waals surface area (Å²) in [6, 6.07) is 48.3. The van der Waals surface area contributed by atoms with Crippen molar-refractivity contribution in [3.8, 4) is 55.8 Å². The SMILES string of the molecule is Clc1ccccc1-c1cnc(-c2ccccc2)cc1-c1ccc(-c2ccc(-c3ccccc3)cc2)cc1. The Morgan fingerprint density at radius 1 is 0.378 bits per heavy atom. The third kappa shape index (κ3) is 4.82. The molecular formula is C35H24ClN. The summed E-state index contributed by atoms with van der Waals surface area (Å²) in [4.78, 5) is 4.79. The fraction of sp³-hybridized carbons (Fsp3) is 0. The van der Waals surface area contributed by atoms with Crippen LogP contribution in [0.1, 0.15) is 0 Å². The number of rotatable bonds is 5. The zero-order valence-electron chi connectivity index (χ0n) is 20.2. The molecule has 0 amide bonds. The largest absolute Gasteiger partial charge is 0.256 e. The van der Waals surface area contributed by atoms with Crippen molar-refractivity contribution >= 4 is 11.6 Å². The van der Waals surface area contributed by atoms with Crippen molar-refractivity contribution in [1.82, 2.24) is 4.98 Å². The number of pyridine rings is 1. The molecule has 2 heteroatoms. The Balaban J connectivity index is 1.39. The van der Waals surface area contributed by atoms with Crippen molar-refractivity contribution in [1.29, 1.82) is 0 Å². The maximum Gasteiger partial charge on any atom is 0.0708 e. The van der Waals surface area contributed by atoms with Gasteiger partial charge >= 0.3 is 0 Å². The van der Waals surface area contributed by atoms with Gasteiger partial charge < -0.3 is 0 Å². The van der Waals surface area contributed by atoms with Crippen LogP contribution >= 0.6 is 11.6 Å². The van der Waals surface area contributed by atoms with Crippen LogP contribution in [0.5, 0.6) is 0 Å². The van der Waals surface area contributed by atoms with E-state index < -0.39 is 0 Å². The van der Waals surface area contributed by atoms with Gasteiger partial charge in [0.1, 0.15) is 0 Å². The first-order chi connectivity index (χ1) is 18.3. The minimum Gasteiger partial charge on any atom is -0.256 e. The standard InChI is InChI=1S/C35H24ClN/c36-34-14-8-7-13-31(34)33-24-37-35(30-11-5-2-6-12-30)23-32(33)29-21-19-28(20-22-29)27-17-15-26(16-18-27)25-9-3-1-4-10-25/h1-24H. The predicted molar refractivity (Wildman–Crippen MR) is 156 cm³/mol. The summed E-state index contributed by atoms with van der Waals surface area (Å²) in [5, 5.41) is 0.716. The predicted octanol–water partition coefficient (Wildman–Crippen LogP) is 10.1. The van der Waals surface area contributed by atoms with Gasteiger partial charge in [-0.15, -0.1) is 0 Å². The van der Waals surface area contributed by atoms with Gasteiger partial charge in [0, 0.05) is 27.9 Å². The van der Waals surface area contributed by atoms with Crippen LogP contribution < -0.4 is 0 Å². The first kappa shape index (κ1) is 23.0. The van der Waals surface area contributed by atoms with Gasteiger partial charge in [0.15, 0.2) is 0 Å². The van der Waals surface area contributed by atoms with Crippen molar-refractivity contribution in [2.75, 3.05) is 0 Å². The summed E-state index contributed by atoms with van der Waals surface area (Å²) >= 11 is 6.61. The third-order valence-electron chi connectivity index (χ3n) is 6.66. The Hall–Kier alpha value is -4.46. The lowest BCUT2D eigenvalue weighted by atomic mass is 9.93. The van der Waals surface area contributed by atoms with Gasteiger partial charge in [-0.1, -0.05) is 139 Å². The summed E-state index contributed by atoms with van der Waals surface area (Å²) < 4.78 is 0. The lowest BCUT2D eigenvalue weighted by Crippen LogP contribution is -1.92. The zero-order valence-corrected chi connectivity index (χ0v) is 20.9. The maximum absolute atomic E-state index is 6.61. The molecule has 0 aliphatic rings. The van der Waals surface area contributed by atoms with E-state index in [-0.39, 0.29) is 0 Å². The smallest absolute Gasteiger partial charge is 0.0708 e. The van der Waals surface area contributed by atoms with E-state index in [1.54, 1.807) is 0 Å². The highest BCUT2D eigenvalue weighted by atomic mass is 35.5. The van der Waals surface area contributed by atoms with E-state index in [0.29, 0.717) is 5.02 Å². The van der Waals surface area contributed by atoms with Crippen LogP contribution in [0.2, 0.25) is 5.02 Å². The second-order valence-corrected chi connectivity index (χ2v) is 9.39. The van der Waals surface area contributed by atoms with Crippen LogP contribution in [0.15, 0.2) is 146 Å². The van der Waals surface area contributed by atoms with Gasteiger partial charge in [0.2, 0.25) is 0 Å². The molecule has 0 fully saturated rings. The van der Waals surface area contributed by atoms with E-state index >= 15 is 0 Å². The highest BCUT2D eigenvalue weighted by molar-refractivity contribution is 6.33. The number of nitrogens with zero attached hydrogens (tertiary/aromatic N) is 1. The monoisotopic (exact) mass is 493 g/mol. The van der Waals surface area contributed by atoms with E-state index in [2.05, 4.69) is 91.0 Å². The quantitative estimate of drug-likeness (QED) is 0.233. The van der Waals surface area contributed by atoms with Crippen molar-refractivity contribution < 1.29 is 0 Å². The number of halogens is 1. The summed E-state index contributed by atoms with van der Waals surface area (Å²) in [6.45, 7) is 0.